The van der Waals surface area contributed by atoms with Crippen LogP contribution in [-0.4, -0.2) is 91.5 Å². The number of aromatic nitrogens is 1. The number of fused-ring (bicyclic) bond motifs is 1. The fourth-order valence-corrected chi connectivity index (χ4v) is 6.50. The molecule has 13 heteroatoms. The van der Waals surface area contributed by atoms with Crippen molar-refractivity contribution >= 4 is 51.7 Å². The van der Waals surface area contributed by atoms with Crippen LogP contribution >= 0.6 is 23.1 Å². The molecule has 2 fully saturated rings. The van der Waals surface area contributed by atoms with Gasteiger partial charge in [-0.25, -0.2) is 9.78 Å². The topological polar surface area (TPSA) is 158 Å². The third kappa shape index (κ3) is 3.84. The fraction of sp³-hybridized carbons (Fsp3) is 0.526. The number of nitrogens with two attached hydrogens (primary N) is 1. The Kier molecular flexibility index (Phi) is 6.14. The van der Waals surface area contributed by atoms with Crippen molar-refractivity contribution in [3.63, 3.8) is 0 Å². The molecule has 2 amide bonds. The lowest BCUT2D eigenvalue weighted by Gasteiger charge is -2.50. The number of rotatable bonds is 7. The van der Waals surface area contributed by atoms with Crippen LogP contribution in [0.1, 0.15) is 25.5 Å². The molecule has 5 N–H and O–H groups in total. The van der Waals surface area contributed by atoms with E-state index in [1.807, 2.05) is 0 Å². The summed E-state index contributed by atoms with van der Waals surface area (Å²) in [6, 6.07) is -0.919. The van der Waals surface area contributed by atoms with Gasteiger partial charge in [-0.1, -0.05) is 5.16 Å². The molecule has 1 aromatic rings. The molecule has 172 valence electrons. The Morgan fingerprint density at radius 3 is 2.69 bits per heavy atom. The van der Waals surface area contributed by atoms with Crippen molar-refractivity contribution in [1.82, 2.24) is 15.2 Å². The van der Waals surface area contributed by atoms with Crippen LogP contribution < -0.4 is 11.1 Å². The van der Waals surface area contributed by atoms with Gasteiger partial charge in [-0.05, 0) is 6.92 Å². The Morgan fingerprint density at radius 2 is 2.12 bits per heavy atom. The Balaban J connectivity index is 1.52. The molecule has 1 aromatic heterocycles. The molecular formula is C19H25N6O5S2+. The van der Waals surface area contributed by atoms with Crippen LogP contribution in [0.15, 0.2) is 21.8 Å². The summed E-state index contributed by atoms with van der Waals surface area (Å²) in [5, 5.41) is 25.8. The predicted octanol–water partition coefficient (Wildman–Crippen LogP) is 0.273. The fourth-order valence-electron chi connectivity index (χ4n) is 4.62. The zero-order chi connectivity index (χ0) is 23.0. The van der Waals surface area contributed by atoms with E-state index >= 15 is 0 Å². The number of amides is 2. The second-order valence-corrected chi connectivity index (χ2v) is 10.1. The monoisotopic (exact) mass is 481 g/mol. The first-order valence-electron chi connectivity index (χ1n) is 10.3. The van der Waals surface area contributed by atoms with E-state index < -0.39 is 29.2 Å². The van der Waals surface area contributed by atoms with Crippen LogP contribution in [0.25, 0.3) is 0 Å². The minimum Gasteiger partial charge on any atom is -0.477 e. The first-order chi connectivity index (χ1) is 15.3. The molecule has 32 heavy (non-hydrogen) atoms. The smallest absolute Gasteiger partial charge is 0.352 e. The number of nitrogens with one attached hydrogen (secondary N) is 1. The number of hydrogen-bond donors (Lipinski definition) is 4. The van der Waals surface area contributed by atoms with E-state index in [4.69, 9.17) is 5.73 Å². The van der Waals surface area contributed by atoms with Gasteiger partial charge in [0.05, 0.1) is 19.6 Å². The molecule has 0 radical (unpaired) electrons. The van der Waals surface area contributed by atoms with E-state index in [2.05, 4.69) is 22.4 Å². The summed E-state index contributed by atoms with van der Waals surface area (Å²) < 4.78 is 0.840. The van der Waals surface area contributed by atoms with Crippen molar-refractivity contribution in [3.8, 4) is 0 Å². The van der Waals surface area contributed by atoms with Crippen molar-refractivity contribution in [2.24, 2.45) is 5.16 Å². The summed E-state index contributed by atoms with van der Waals surface area (Å²) in [5.41, 5.74) is 6.10. The lowest BCUT2D eigenvalue weighted by Crippen LogP contribution is -2.71. The number of carboxylic acid groups (broad SMARTS) is 1. The molecule has 4 heterocycles. The largest absolute Gasteiger partial charge is 0.477 e. The molecule has 2 saturated heterocycles. The Hall–Kier alpha value is -2.64. The van der Waals surface area contributed by atoms with Crippen LogP contribution in [0.3, 0.4) is 0 Å². The molecule has 0 bridgehead atoms. The maximum atomic E-state index is 12.9. The van der Waals surface area contributed by atoms with E-state index in [0.717, 1.165) is 53.9 Å². The summed E-state index contributed by atoms with van der Waals surface area (Å²) in [6.07, 6.45) is 2.24. The quantitative estimate of drug-likeness (QED) is 0.142. The van der Waals surface area contributed by atoms with Crippen molar-refractivity contribution in [3.05, 3.63) is 22.3 Å². The summed E-state index contributed by atoms with van der Waals surface area (Å²) in [7, 11) is 0. The number of quaternary nitrogens is 1. The molecular weight excluding hydrogens is 456 g/mol. The average Bonchev–Trinajstić information content (AvgIpc) is 3.41. The average molecular weight is 482 g/mol. The molecule has 4 rings (SSSR count). The zero-order valence-electron chi connectivity index (χ0n) is 17.5. The predicted molar refractivity (Wildman–Crippen MR) is 119 cm³/mol. The number of likely N-dealkylation sites (N-methyl/N-ethyl adjacent to an activating group) is 1. The van der Waals surface area contributed by atoms with Crippen LogP contribution in [-0.2, 0) is 14.4 Å². The van der Waals surface area contributed by atoms with Crippen LogP contribution in [0.4, 0.5) is 5.13 Å². The standard InChI is InChI=1S/C19H24N6O5S2/c1-2-25(5-3-4-6-25)7-10-8-31-17-13(16(27)24(17)14(10)18(28)29)22-15(26)12(23-30)11-9-32-19(20)21-11/h9,13,17H,2-8H2,1H3,(H4-,20,21,22,26,28,29,30)/p+1/t13?,17-/m1/s1. The third-order valence-corrected chi connectivity index (χ3v) is 8.34. The highest BCUT2D eigenvalue weighted by Gasteiger charge is 2.55. The van der Waals surface area contributed by atoms with Gasteiger partial charge >= 0.3 is 5.97 Å². The maximum absolute atomic E-state index is 12.9. The summed E-state index contributed by atoms with van der Waals surface area (Å²) in [4.78, 5) is 42.8. The summed E-state index contributed by atoms with van der Waals surface area (Å²) in [6.45, 7) is 5.67. The Labute approximate surface area is 192 Å². The number of carbonyl (C=O) groups is 3. The highest BCUT2D eigenvalue weighted by Crippen LogP contribution is 2.41. The van der Waals surface area contributed by atoms with Gasteiger partial charge in [-0.15, -0.1) is 23.1 Å². The van der Waals surface area contributed by atoms with E-state index in [1.165, 1.54) is 22.0 Å². The minimum atomic E-state index is -1.13. The number of thiazole rings is 1. The number of likely N-dealkylation sites (tertiary alicyclic amines) is 1. The molecule has 11 nitrogen and oxygen atoms in total. The van der Waals surface area contributed by atoms with Gasteiger partial charge in [-0.3, -0.25) is 14.5 Å². The second kappa shape index (κ2) is 8.71. The number of carboxylic acids is 1. The van der Waals surface area contributed by atoms with Gasteiger partial charge in [0.25, 0.3) is 11.8 Å². The lowest BCUT2D eigenvalue weighted by molar-refractivity contribution is -0.910. The van der Waals surface area contributed by atoms with Gasteiger partial charge in [0.2, 0.25) is 0 Å². The number of nitrogen functional groups attached to an aromatic ring is 1. The van der Waals surface area contributed by atoms with Crippen LogP contribution in [0.2, 0.25) is 0 Å². The zero-order valence-corrected chi connectivity index (χ0v) is 19.1. The number of aliphatic carboxylic acids is 1. The number of thioether (sulfide) groups is 1. The number of oxime groups is 1. The van der Waals surface area contributed by atoms with E-state index in [1.54, 1.807) is 0 Å². The maximum Gasteiger partial charge on any atom is 0.352 e. The normalized spacial score (nSPS) is 24.8. The van der Waals surface area contributed by atoms with Gasteiger partial charge in [-0.2, -0.15) is 0 Å². The van der Waals surface area contributed by atoms with Crippen molar-refractivity contribution in [2.75, 3.05) is 37.7 Å². The molecule has 3 aliphatic heterocycles. The number of nitrogens with zero attached hydrogens (tertiary/aromatic N) is 4. The van der Waals surface area contributed by atoms with Crippen LogP contribution in [0, 0.1) is 0 Å². The Morgan fingerprint density at radius 1 is 1.41 bits per heavy atom. The molecule has 0 spiro atoms. The van der Waals surface area contributed by atoms with Gasteiger partial charge < -0.3 is 25.8 Å². The second-order valence-electron chi connectivity index (χ2n) is 8.11. The molecule has 0 saturated carbocycles. The highest BCUT2D eigenvalue weighted by molar-refractivity contribution is 8.00. The van der Waals surface area contributed by atoms with Gasteiger partial charge in [0, 0.05) is 29.5 Å². The first kappa shape index (κ1) is 22.6. The SMILES string of the molecule is CC[N+]1(CC2=C(C(=O)O)N3C(=O)C(NC(=O)C(=NO)c4csc(N)n4)[C@H]3SC2)CCCC1. The number of hydrogen-bond acceptors (Lipinski definition) is 9. The summed E-state index contributed by atoms with van der Waals surface area (Å²) in [5.74, 6) is -1.93. The molecule has 0 aliphatic carbocycles. The number of carbonyl (C=O) groups excluding carboxylic acids is 2. The van der Waals surface area contributed by atoms with E-state index in [-0.39, 0.29) is 22.2 Å². The Bertz CT molecular complexity index is 1020. The van der Waals surface area contributed by atoms with Crippen molar-refractivity contribution in [2.45, 2.75) is 31.2 Å². The van der Waals surface area contributed by atoms with E-state index in [0.29, 0.717) is 12.3 Å². The van der Waals surface area contributed by atoms with Crippen molar-refractivity contribution < 1.29 is 29.2 Å². The highest BCUT2D eigenvalue weighted by atomic mass is 32.2. The van der Waals surface area contributed by atoms with Crippen molar-refractivity contribution in [1.29, 1.82) is 0 Å². The van der Waals surface area contributed by atoms with E-state index in [9.17, 15) is 24.7 Å². The van der Waals surface area contributed by atoms with Crippen LogP contribution in [0.5, 0.6) is 0 Å². The molecule has 2 atom stereocenters. The summed E-state index contributed by atoms with van der Waals surface area (Å²) >= 11 is 2.51. The minimum absolute atomic E-state index is 0.0328. The number of β-lactam (4-membered cyclic amide) rings is 1. The molecule has 1 unspecified atom stereocenters. The third-order valence-electron chi connectivity index (χ3n) is 6.33. The first-order valence-corrected chi connectivity index (χ1v) is 12.2. The van der Waals surface area contributed by atoms with Gasteiger partial charge in [0.1, 0.15) is 29.4 Å². The lowest BCUT2D eigenvalue weighted by atomic mass is 10.0. The molecule has 0 aromatic carbocycles. The number of anilines is 1. The van der Waals surface area contributed by atoms with Gasteiger partial charge in [0.15, 0.2) is 10.8 Å². The molecule has 3 aliphatic rings.